The predicted octanol–water partition coefficient (Wildman–Crippen LogP) is 1.86. The van der Waals surface area contributed by atoms with E-state index in [0.29, 0.717) is 12.6 Å². The lowest BCUT2D eigenvalue weighted by atomic mass is 10.1. The lowest BCUT2D eigenvalue weighted by Crippen LogP contribution is -2.51. The fourth-order valence-corrected chi connectivity index (χ4v) is 3.65. The van der Waals surface area contributed by atoms with Crippen LogP contribution in [0.3, 0.4) is 0 Å². The molecule has 2 saturated heterocycles. The van der Waals surface area contributed by atoms with E-state index in [0.717, 1.165) is 58.7 Å². The molecule has 2 aliphatic heterocycles. The Balaban J connectivity index is 0.00000169. The Bertz CT molecular complexity index is 518. The van der Waals surface area contributed by atoms with Gasteiger partial charge in [0.1, 0.15) is 0 Å². The molecule has 0 bridgehead atoms. The number of rotatable bonds is 5. The Morgan fingerprint density at radius 3 is 2.23 bits per heavy atom. The van der Waals surface area contributed by atoms with Crippen LogP contribution in [0.25, 0.3) is 0 Å². The number of halogens is 2. The molecule has 1 N–H and O–H groups in total. The van der Waals surface area contributed by atoms with Crippen molar-refractivity contribution < 1.29 is 4.79 Å². The quantitative estimate of drug-likeness (QED) is 0.815. The number of amides is 1. The van der Waals surface area contributed by atoms with Crippen LogP contribution in [0.15, 0.2) is 30.3 Å². The molecule has 2 heterocycles. The Morgan fingerprint density at radius 1 is 1.04 bits per heavy atom. The van der Waals surface area contributed by atoms with Gasteiger partial charge in [-0.1, -0.05) is 30.3 Å². The molecular formula is C19H32Cl2N4O. The predicted molar refractivity (Wildman–Crippen MR) is 111 cm³/mol. The molecule has 26 heavy (non-hydrogen) atoms. The number of nitrogens with one attached hydrogen (secondary N) is 1. The molecule has 0 aromatic heterocycles. The molecule has 5 nitrogen and oxygen atoms in total. The standard InChI is InChI=1S/C19H30N4O.2ClH/c1-21(18-7-9-20-10-8-18)19(24)16-23-13-11-22(12-14-23)15-17-5-3-2-4-6-17;;/h2-6,18,20H,7-16H2,1H3;2*1H. The maximum atomic E-state index is 12.5. The minimum Gasteiger partial charge on any atom is -0.342 e. The van der Waals surface area contributed by atoms with Crippen molar-refractivity contribution in [3.8, 4) is 0 Å². The van der Waals surface area contributed by atoms with Crippen molar-refractivity contribution in [2.75, 3.05) is 52.9 Å². The zero-order valence-corrected chi connectivity index (χ0v) is 17.2. The van der Waals surface area contributed by atoms with Gasteiger partial charge in [-0.3, -0.25) is 14.6 Å². The van der Waals surface area contributed by atoms with Crippen LogP contribution in [0, 0.1) is 0 Å². The van der Waals surface area contributed by atoms with E-state index >= 15 is 0 Å². The molecule has 1 amide bonds. The third kappa shape index (κ3) is 6.71. The summed E-state index contributed by atoms with van der Waals surface area (Å²) in [7, 11) is 1.98. The Kier molecular flexibility index (Phi) is 10.5. The van der Waals surface area contributed by atoms with Crippen molar-refractivity contribution in [1.29, 1.82) is 0 Å². The van der Waals surface area contributed by atoms with Gasteiger partial charge >= 0.3 is 0 Å². The van der Waals surface area contributed by atoms with Crippen molar-refractivity contribution in [3.05, 3.63) is 35.9 Å². The number of carbonyl (C=O) groups excluding carboxylic acids is 1. The Hall–Kier alpha value is -0.850. The summed E-state index contributed by atoms with van der Waals surface area (Å²) in [4.78, 5) is 19.3. The van der Waals surface area contributed by atoms with E-state index in [1.54, 1.807) is 0 Å². The molecular weight excluding hydrogens is 371 g/mol. The maximum Gasteiger partial charge on any atom is 0.236 e. The largest absolute Gasteiger partial charge is 0.342 e. The van der Waals surface area contributed by atoms with Crippen LogP contribution in [0.5, 0.6) is 0 Å². The van der Waals surface area contributed by atoms with Gasteiger partial charge in [0, 0.05) is 45.8 Å². The number of carbonyl (C=O) groups is 1. The number of piperazine rings is 1. The van der Waals surface area contributed by atoms with Crippen LogP contribution in [0.1, 0.15) is 18.4 Å². The third-order valence-electron chi connectivity index (χ3n) is 5.32. The van der Waals surface area contributed by atoms with Crippen LogP contribution in [-0.2, 0) is 11.3 Å². The van der Waals surface area contributed by atoms with Crippen LogP contribution in [0.4, 0.5) is 0 Å². The van der Waals surface area contributed by atoms with E-state index in [-0.39, 0.29) is 30.7 Å². The average molecular weight is 403 g/mol. The number of hydrogen-bond acceptors (Lipinski definition) is 4. The first-order valence-corrected chi connectivity index (χ1v) is 9.17. The van der Waals surface area contributed by atoms with Gasteiger partial charge in [-0.15, -0.1) is 24.8 Å². The topological polar surface area (TPSA) is 38.8 Å². The molecule has 0 atom stereocenters. The van der Waals surface area contributed by atoms with Crippen molar-refractivity contribution in [1.82, 2.24) is 20.0 Å². The number of hydrogen-bond donors (Lipinski definition) is 1. The first-order valence-electron chi connectivity index (χ1n) is 9.17. The van der Waals surface area contributed by atoms with E-state index < -0.39 is 0 Å². The van der Waals surface area contributed by atoms with E-state index in [1.165, 1.54) is 5.56 Å². The minimum absolute atomic E-state index is 0. The zero-order chi connectivity index (χ0) is 16.8. The molecule has 0 unspecified atom stereocenters. The van der Waals surface area contributed by atoms with Crippen molar-refractivity contribution in [3.63, 3.8) is 0 Å². The molecule has 148 valence electrons. The van der Waals surface area contributed by atoms with E-state index in [1.807, 2.05) is 11.9 Å². The fraction of sp³-hybridized carbons (Fsp3) is 0.632. The Labute approximate surface area is 169 Å². The number of nitrogens with zero attached hydrogens (tertiary/aromatic N) is 3. The molecule has 0 spiro atoms. The van der Waals surface area contributed by atoms with Gasteiger partial charge in [0.05, 0.1) is 6.54 Å². The third-order valence-corrected chi connectivity index (χ3v) is 5.32. The SMILES string of the molecule is CN(C(=O)CN1CCN(Cc2ccccc2)CC1)C1CCNCC1.Cl.Cl. The van der Waals surface area contributed by atoms with Gasteiger partial charge in [-0.25, -0.2) is 0 Å². The maximum absolute atomic E-state index is 12.5. The monoisotopic (exact) mass is 402 g/mol. The molecule has 0 saturated carbocycles. The van der Waals surface area contributed by atoms with Crippen molar-refractivity contribution in [2.24, 2.45) is 0 Å². The van der Waals surface area contributed by atoms with Crippen molar-refractivity contribution in [2.45, 2.75) is 25.4 Å². The second-order valence-corrected chi connectivity index (χ2v) is 7.02. The van der Waals surface area contributed by atoms with Crippen LogP contribution in [-0.4, -0.2) is 79.5 Å². The second-order valence-electron chi connectivity index (χ2n) is 7.02. The van der Waals surface area contributed by atoms with Gasteiger partial charge in [0.15, 0.2) is 0 Å². The summed E-state index contributed by atoms with van der Waals surface area (Å²) in [5.41, 5.74) is 1.37. The van der Waals surface area contributed by atoms with E-state index in [4.69, 9.17) is 0 Å². The molecule has 2 fully saturated rings. The molecule has 0 radical (unpaired) electrons. The molecule has 7 heteroatoms. The summed E-state index contributed by atoms with van der Waals surface area (Å²) < 4.78 is 0. The average Bonchev–Trinajstić information content (AvgIpc) is 2.64. The highest BCUT2D eigenvalue weighted by molar-refractivity contribution is 5.85. The zero-order valence-electron chi connectivity index (χ0n) is 15.6. The van der Waals surface area contributed by atoms with E-state index in [2.05, 4.69) is 45.4 Å². The smallest absolute Gasteiger partial charge is 0.236 e. The van der Waals surface area contributed by atoms with Gasteiger partial charge in [-0.2, -0.15) is 0 Å². The highest BCUT2D eigenvalue weighted by Gasteiger charge is 2.25. The number of likely N-dealkylation sites (N-methyl/N-ethyl adjacent to an activating group) is 1. The molecule has 2 aliphatic rings. The lowest BCUT2D eigenvalue weighted by molar-refractivity contribution is -0.134. The lowest BCUT2D eigenvalue weighted by Gasteiger charge is -2.37. The first-order chi connectivity index (χ1) is 11.7. The molecule has 1 aromatic rings. The van der Waals surface area contributed by atoms with Crippen LogP contribution in [0.2, 0.25) is 0 Å². The van der Waals surface area contributed by atoms with Gasteiger partial charge in [-0.05, 0) is 31.5 Å². The van der Waals surface area contributed by atoms with Gasteiger partial charge in [0.25, 0.3) is 0 Å². The number of piperidine rings is 1. The highest BCUT2D eigenvalue weighted by Crippen LogP contribution is 2.12. The molecule has 3 rings (SSSR count). The minimum atomic E-state index is 0. The van der Waals surface area contributed by atoms with Crippen molar-refractivity contribution >= 4 is 30.7 Å². The van der Waals surface area contributed by atoms with Gasteiger partial charge in [0.2, 0.25) is 5.91 Å². The van der Waals surface area contributed by atoms with Crippen LogP contribution >= 0.6 is 24.8 Å². The normalized spacial score (nSPS) is 19.3. The van der Waals surface area contributed by atoms with Crippen LogP contribution < -0.4 is 5.32 Å². The Morgan fingerprint density at radius 2 is 1.62 bits per heavy atom. The first kappa shape index (κ1) is 23.2. The van der Waals surface area contributed by atoms with E-state index in [9.17, 15) is 4.79 Å². The summed E-state index contributed by atoms with van der Waals surface area (Å²) >= 11 is 0. The summed E-state index contributed by atoms with van der Waals surface area (Å²) in [6, 6.07) is 11.0. The summed E-state index contributed by atoms with van der Waals surface area (Å²) in [5.74, 6) is 0.276. The molecule has 1 aromatic carbocycles. The summed E-state index contributed by atoms with van der Waals surface area (Å²) in [5, 5.41) is 3.36. The van der Waals surface area contributed by atoms with Gasteiger partial charge < -0.3 is 10.2 Å². The highest BCUT2D eigenvalue weighted by atomic mass is 35.5. The fourth-order valence-electron chi connectivity index (χ4n) is 3.65. The second kappa shape index (κ2) is 11.8. The summed E-state index contributed by atoms with van der Waals surface area (Å²) in [6.07, 6.45) is 2.15. The summed E-state index contributed by atoms with van der Waals surface area (Å²) in [6.45, 7) is 7.69. The molecule has 0 aliphatic carbocycles. The number of benzene rings is 1.